The van der Waals surface area contributed by atoms with E-state index in [1.807, 2.05) is 0 Å². The summed E-state index contributed by atoms with van der Waals surface area (Å²) < 4.78 is 17.7. The van der Waals surface area contributed by atoms with Crippen molar-refractivity contribution in [2.75, 3.05) is 20.3 Å². The average Bonchev–Trinajstić information content (AvgIpc) is 2.54. The molecule has 2 aliphatic rings. The van der Waals surface area contributed by atoms with E-state index in [0.29, 0.717) is 12.1 Å². The van der Waals surface area contributed by atoms with Crippen LogP contribution in [0.4, 0.5) is 0 Å². The van der Waals surface area contributed by atoms with Crippen molar-refractivity contribution in [2.45, 2.75) is 64.0 Å². The van der Waals surface area contributed by atoms with Crippen LogP contribution in [0.3, 0.4) is 0 Å². The van der Waals surface area contributed by atoms with Gasteiger partial charge >= 0.3 is 0 Å². The third-order valence-corrected chi connectivity index (χ3v) is 8.16. The Morgan fingerprint density at radius 3 is 2.06 bits per heavy atom. The maximum Gasteiger partial charge on any atom is 0.216 e. The van der Waals surface area contributed by atoms with Crippen molar-refractivity contribution in [1.29, 1.82) is 0 Å². The van der Waals surface area contributed by atoms with Crippen LogP contribution in [0.1, 0.15) is 51.9 Å². The maximum atomic E-state index is 13.2. The van der Waals surface area contributed by atoms with E-state index in [9.17, 15) is 4.57 Å². The minimum absolute atomic E-state index is 0.557. The summed E-state index contributed by atoms with van der Waals surface area (Å²) in [4.78, 5) is 0. The number of hydrogen-bond donors (Lipinski definition) is 0. The minimum atomic E-state index is -2.22. The van der Waals surface area contributed by atoms with Crippen molar-refractivity contribution < 1.29 is 4.57 Å². The molecule has 1 heterocycles. The summed E-state index contributed by atoms with van der Waals surface area (Å²) >= 11 is 0. The summed E-state index contributed by atoms with van der Waals surface area (Å²) in [5.74, 6) is 0. The van der Waals surface area contributed by atoms with Gasteiger partial charge in [-0.15, -0.1) is 0 Å². The standard InChI is InChI=1S/C13H27N2OP/c1-4-5-8-11-17(16)14(2)12-9-6-7-10-13(12)15(17)3/h12-13H,4-11H2,1-3H3/t12-,13-/m1/s1. The van der Waals surface area contributed by atoms with Gasteiger partial charge in [0.15, 0.2) is 0 Å². The van der Waals surface area contributed by atoms with Gasteiger partial charge in [0, 0.05) is 18.2 Å². The zero-order valence-electron chi connectivity index (χ0n) is 11.6. The molecule has 2 fully saturated rings. The number of hydrogen-bond acceptors (Lipinski definition) is 1. The van der Waals surface area contributed by atoms with E-state index < -0.39 is 7.44 Å². The molecule has 0 aromatic carbocycles. The summed E-state index contributed by atoms with van der Waals surface area (Å²) in [6, 6.07) is 1.11. The van der Waals surface area contributed by atoms with Gasteiger partial charge in [-0.1, -0.05) is 32.6 Å². The van der Waals surface area contributed by atoms with Gasteiger partial charge in [-0.25, -0.2) is 9.34 Å². The number of unbranched alkanes of at least 4 members (excludes halogenated alkanes) is 2. The van der Waals surface area contributed by atoms with Crippen molar-refractivity contribution in [3.63, 3.8) is 0 Å². The first-order valence-corrected chi connectivity index (χ1v) is 8.96. The third-order valence-electron chi connectivity index (χ3n) is 4.69. The van der Waals surface area contributed by atoms with Gasteiger partial charge in [0.2, 0.25) is 7.44 Å². The molecule has 0 radical (unpaired) electrons. The number of rotatable bonds is 4. The predicted octanol–water partition coefficient (Wildman–Crippen LogP) is 3.56. The summed E-state index contributed by atoms with van der Waals surface area (Å²) in [5, 5.41) is 0. The van der Waals surface area contributed by atoms with Crippen LogP contribution >= 0.6 is 7.44 Å². The number of nitrogens with zero attached hydrogens (tertiary/aromatic N) is 2. The van der Waals surface area contributed by atoms with Crippen LogP contribution in [0.25, 0.3) is 0 Å². The molecule has 0 amide bonds. The van der Waals surface area contributed by atoms with E-state index >= 15 is 0 Å². The fraction of sp³-hybridized carbons (Fsp3) is 1.00. The predicted molar refractivity (Wildman–Crippen MR) is 73.6 cm³/mol. The molecule has 1 saturated heterocycles. The Kier molecular flexibility index (Phi) is 4.33. The Bertz CT molecular complexity index is 286. The lowest BCUT2D eigenvalue weighted by Gasteiger charge is -2.28. The molecule has 0 aromatic rings. The molecule has 1 aliphatic carbocycles. The van der Waals surface area contributed by atoms with Crippen LogP contribution in [-0.4, -0.2) is 41.7 Å². The van der Waals surface area contributed by atoms with Crippen LogP contribution in [0, 0.1) is 0 Å². The van der Waals surface area contributed by atoms with Crippen LogP contribution in [0.15, 0.2) is 0 Å². The Morgan fingerprint density at radius 1 is 1.06 bits per heavy atom. The van der Waals surface area contributed by atoms with Gasteiger partial charge in [0.1, 0.15) is 0 Å². The van der Waals surface area contributed by atoms with Crippen molar-refractivity contribution in [3.8, 4) is 0 Å². The summed E-state index contributed by atoms with van der Waals surface area (Å²) in [5.41, 5.74) is 0. The first kappa shape index (κ1) is 13.6. The highest BCUT2D eigenvalue weighted by molar-refractivity contribution is 7.59. The normalized spacial score (nSPS) is 33.8. The molecule has 3 nitrogen and oxygen atoms in total. The molecule has 100 valence electrons. The minimum Gasteiger partial charge on any atom is -0.289 e. The monoisotopic (exact) mass is 258 g/mol. The highest BCUT2D eigenvalue weighted by Crippen LogP contribution is 2.62. The van der Waals surface area contributed by atoms with Crippen molar-refractivity contribution in [3.05, 3.63) is 0 Å². The van der Waals surface area contributed by atoms with Crippen LogP contribution in [-0.2, 0) is 4.57 Å². The Labute approximate surface area is 106 Å². The average molecular weight is 258 g/mol. The quantitative estimate of drug-likeness (QED) is 0.569. The summed E-state index contributed by atoms with van der Waals surface area (Å²) in [7, 11) is 1.97. The maximum absolute atomic E-state index is 13.2. The van der Waals surface area contributed by atoms with Crippen molar-refractivity contribution >= 4 is 7.44 Å². The third kappa shape index (κ3) is 2.34. The Morgan fingerprint density at radius 2 is 1.59 bits per heavy atom. The largest absolute Gasteiger partial charge is 0.289 e. The van der Waals surface area contributed by atoms with E-state index in [1.165, 1.54) is 38.5 Å². The van der Waals surface area contributed by atoms with Gasteiger partial charge in [0.25, 0.3) is 0 Å². The van der Waals surface area contributed by atoms with E-state index in [4.69, 9.17) is 0 Å². The second kappa shape index (κ2) is 5.42. The molecule has 0 spiro atoms. The van der Waals surface area contributed by atoms with Crippen LogP contribution in [0.2, 0.25) is 0 Å². The van der Waals surface area contributed by atoms with E-state index in [-0.39, 0.29) is 0 Å². The molecule has 0 N–H and O–H groups in total. The molecular formula is C13H27N2OP. The summed E-state index contributed by atoms with van der Waals surface area (Å²) in [6.45, 7) is 2.21. The highest BCUT2D eigenvalue weighted by Gasteiger charge is 2.50. The van der Waals surface area contributed by atoms with Crippen LogP contribution < -0.4 is 0 Å². The second-order valence-corrected chi connectivity index (χ2v) is 8.70. The smallest absolute Gasteiger partial charge is 0.216 e. The topological polar surface area (TPSA) is 23.6 Å². The lowest BCUT2D eigenvalue weighted by molar-refractivity contribution is 0.233. The van der Waals surface area contributed by atoms with Crippen molar-refractivity contribution in [2.24, 2.45) is 0 Å². The molecule has 17 heavy (non-hydrogen) atoms. The molecular weight excluding hydrogens is 231 g/mol. The zero-order valence-corrected chi connectivity index (χ0v) is 12.5. The van der Waals surface area contributed by atoms with Crippen LogP contribution in [0.5, 0.6) is 0 Å². The first-order valence-electron chi connectivity index (χ1n) is 7.17. The van der Waals surface area contributed by atoms with Gasteiger partial charge < -0.3 is 0 Å². The molecule has 2 atom stereocenters. The summed E-state index contributed by atoms with van der Waals surface area (Å²) in [6.07, 6.45) is 9.53. The Balaban J connectivity index is 2.08. The van der Waals surface area contributed by atoms with E-state index in [1.54, 1.807) is 0 Å². The number of fused-ring (bicyclic) bond motifs is 1. The first-order chi connectivity index (χ1) is 8.11. The highest BCUT2D eigenvalue weighted by atomic mass is 31.2. The molecule has 0 bridgehead atoms. The van der Waals surface area contributed by atoms with E-state index in [2.05, 4.69) is 30.4 Å². The number of likely N-dealkylation sites (N-methyl/N-ethyl adjacent to an activating group) is 2. The van der Waals surface area contributed by atoms with E-state index in [0.717, 1.165) is 12.6 Å². The lowest BCUT2D eigenvalue weighted by Crippen LogP contribution is -2.37. The molecule has 1 aliphatic heterocycles. The molecule has 1 saturated carbocycles. The lowest BCUT2D eigenvalue weighted by atomic mass is 9.91. The molecule has 0 unspecified atom stereocenters. The zero-order chi connectivity index (χ0) is 12.5. The Hall–Kier alpha value is 0.150. The van der Waals surface area contributed by atoms with Gasteiger partial charge in [-0.3, -0.25) is 4.57 Å². The fourth-order valence-corrected chi connectivity index (χ4v) is 6.71. The van der Waals surface area contributed by atoms with Crippen molar-refractivity contribution in [1.82, 2.24) is 9.34 Å². The van der Waals surface area contributed by atoms with Gasteiger partial charge in [0.05, 0.1) is 0 Å². The SMILES string of the molecule is CCCCCP1(=O)N(C)[C@@H]2CCCC[C@H]2N1C. The fourth-order valence-electron chi connectivity index (χ4n) is 3.53. The molecule has 4 heteroatoms. The van der Waals surface area contributed by atoms with Gasteiger partial charge in [-0.05, 0) is 33.4 Å². The van der Waals surface area contributed by atoms with Gasteiger partial charge in [-0.2, -0.15) is 0 Å². The second-order valence-electron chi connectivity index (χ2n) is 5.66. The molecule has 0 aromatic heterocycles. The molecule has 2 rings (SSSR count).